The number of hydrogen-bond donors (Lipinski definition) is 0. The molecule has 1 rings (SSSR count). The molecule has 0 amide bonds. The molecule has 0 saturated heterocycles. The molecule has 0 saturated carbocycles. The fourth-order valence-corrected chi connectivity index (χ4v) is 0.618. The molecule has 4 heteroatoms. The van der Waals surface area contributed by atoms with E-state index < -0.39 is 5.95 Å². The van der Waals surface area contributed by atoms with Gasteiger partial charge in [-0.3, -0.25) is 9.36 Å². The van der Waals surface area contributed by atoms with E-state index in [1.807, 2.05) is 0 Å². The highest BCUT2D eigenvalue weighted by Crippen LogP contribution is 1.94. The lowest BCUT2D eigenvalue weighted by Gasteiger charge is -1.92. The molecule has 0 fully saturated rings. The summed E-state index contributed by atoms with van der Waals surface area (Å²) in [5.41, 5.74) is 0. The van der Waals surface area contributed by atoms with Gasteiger partial charge in [0.25, 0.3) is 0 Å². The maximum Gasteiger partial charge on any atom is 0.231 e. The number of carbonyl (C=O) groups excluding carboxylic acids is 1. The monoisotopic (exact) mass is 142 g/mol. The first kappa shape index (κ1) is 6.92. The first-order valence-electron chi connectivity index (χ1n) is 2.96. The predicted molar refractivity (Wildman–Crippen MR) is 33.1 cm³/mol. The van der Waals surface area contributed by atoms with Crippen LogP contribution in [-0.2, 0) is 0 Å². The molecule has 0 aliphatic heterocycles. The number of hydrogen-bond acceptors (Lipinski definition) is 2. The molecule has 0 spiro atoms. The Morgan fingerprint density at radius 2 is 2.60 bits per heavy atom. The summed E-state index contributed by atoms with van der Waals surface area (Å²) in [6, 6.07) is 0. The van der Waals surface area contributed by atoms with Crippen LogP contribution in [0.3, 0.4) is 0 Å². The third-order valence-corrected chi connectivity index (χ3v) is 1.14. The van der Waals surface area contributed by atoms with E-state index in [4.69, 9.17) is 0 Å². The zero-order valence-electron chi connectivity index (χ0n) is 5.54. The molecule has 54 valence electrons. The predicted octanol–water partition coefficient (Wildman–Crippen LogP) is 1.07. The molecule has 0 unspecified atom stereocenters. The van der Waals surface area contributed by atoms with E-state index >= 15 is 0 Å². The topological polar surface area (TPSA) is 34.9 Å². The van der Waals surface area contributed by atoms with Gasteiger partial charge in [0, 0.05) is 6.42 Å². The lowest BCUT2D eigenvalue weighted by Crippen LogP contribution is -2.05. The molecule has 0 aromatic carbocycles. The fraction of sp³-hybridized carbons (Fsp3) is 0.333. The van der Waals surface area contributed by atoms with E-state index in [-0.39, 0.29) is 5.91 Å². The lowest BCUT2D eigenvalue weighted by atomic mass is 10.4. The van der Waals surface area contributed by atoms with Crippen LogP contribution in [0.5, 0.6) is 0 Å². The largest absolute Gasteiger partial charge is 0.274 e. The number of aromatic nitrogens is 2. The Morgan fingerprint density at radius 3 is 3.00 bits per heavy atom. The van der Waals surface area contributed by atoms with Crippen LogP contribution >= 0.6 is 0 Å². The second kappa shape index (κ2) is 2.60. The highest BCUT2D eigenvalue weighted by Gasteiger charge is 2.01. The van der Waals surface area contributed by atoms with Crippen LogP contribution in [0.4, 0.5) is 4.39 Å². The van der Waals surface area contributed by atoms with E-state index in [0.29, 0.717) is 6.42 Å². The Balaban J connectivity index is 2.85. The van der Waals surface area contributed by atoms with Crippen LogP contribution < -0.4 is 0 Å². The summed E-state index contributed by atoms with van der Waals surface area (Å²) in [5.74, 6) is -0.779. The molecule has 0 bridgehead atoms. The van der Waals surface area contributed by atoms with Crippen LogP contribution in [0.2, 0.25) is 0 Å². The van der Waals surface area contributed by atoms with Crippen molar-refractivity contribution in [3.63, 3.8) is 0 Å². The van der Waals surface area contributed by atoms with E-state index in [1.165, 1.54) is 6.33 Å². The average molecular weight is 142 g/mol. The molecule has 0 N–H and O–H groups in total. The van der Waals surface area contributed by atoms with Crippen molar-refractivity contribution < 1.29 is 9.18 Å². The Hall–Kier alpha value is -1.19. The third kappa shape index (κ3) is 1.21. The Bertz CT molecular complexity index is 244. The Labute approximate surface area is 57.5 Å². The molecule has 0 aliphatic rings. The number of nitrogens with zero attached hydrogens (tertiary/aromatic N) is 2. The third-order valence-electron chi connectivity index (χ3n) is 1.14. The van der Waals surface area contributed by atoms with Gasteiger partial charge in [-0.05, 0) is 0 Å². The van der Waals surface area contributed by atoms with Crippen molar-refractivity contribution in [1.82, 2.24) is 9.55 Å². The minimum atomic E-state index is -0.623. The number of rotatable bonds is 1. The molecular formula is C6H7FN2O. The zero-order valence-corrected chi connectivity index (χ0v) is 5.54. The van der Waals surface area contributed by atoms with Crippen molar-refractivity contribution in [3.05, 3.63) is 18.5 Å². The van der Waals surface area contributed by atoms with Crippen molar-refractivity contribution in [2.45, 2.75) is 13.3 Å². The second-order valence-electron chi connectivity index (χ2n) is 1.85. The molecule has 0 radical (unpaired) electrons. The summed E-state index contributed by atoms with van der Waals surface area (Å²) in [4.78, 5) is 14.0. The first-order valence-corrected chi connectivity index (χ1v) is 2.96. The molecule has 0 aliphatic carbocycles. The van der Waals surface area contributed by atoms with E-state index in [2.05, 4.69) is 4.98 Å². The van der Waals surface area contributed by atoms with Gasteiger partial charge in [0.1, 0.15) is 6.33 Å². The van der Waals surface area contributed by atoms with Gasteiger partial charge in [0.15, 0.2) is 0 Å². The highest BCUT2D eigenvalue weighted by molar-refractivity contribution is 5.78. The molecule has 0 atom stereocenters. The van der Waals surface area contributed by atoms with Gasteiger partial charge in [-0.2, -0.15) is 4.39 Å². The number of carbonyl (C=O) groups is 1. The van der Waals surface area contributed by atoms with Gasteiger partial charge in [-0.25, -0.2) is 4.98 Å². The van der Waals surface area contributed by atoms with Crippen LogP contribution in [0.1, 0.15) is 18.1 Å². The van der Waals surface area contributed by atoms with Gasteiger partial charge >= 0.3 is 0 Å². The summed E-state index contributed by atoms with van der Waals surface area (Å²) in [5, 5.41) is 0. The van der Waals surface area contributed by atoms with Gasteiger partial charge in [0.2, 0.25) is 11.9 Å². The molecular weight excluding hydrogens is 135 g/mol. The van der Waals surface area contributed by atoms with Crippen molar-refractivity contribution in [1.29, 1.82) is 0 Å². The van der Waals surface area contributed by atoms with E-state index in [1.54, 1.807) is 6.92 Å². The molecule has 3 nitrogen and oxygen atoms in total. The van der Waals surface area contributed by atoms with E-state index in [9.17, 15) is 9.18 Å². The minimum Gasteiger partial charge on any atom is -0.274 e. The maximum absolute atomic E-state index is 12.1. The summed E-state index contributed by atoms with van der Waals surface area (Å²) in [6.45, 7) is 1.71. The normalized spacial score (nSPS) is 9.80. The fourth-order valence-electron chi connectivity index (χ4n) is 0.618. The number of halogens is 1. The first-order chi connectivity index (χ1) is 4.74. The summed E-state index contributed by atoms with van der Waals surface area (Å²) < 4.78 is 13.3. The average Bonchev–Trinajstić information content (AvgIpc) is 2.34. The lowest BCUT2D eigenvalue weighted by molar-refractivity contribution is 0.0908. The summed E-state index contributed by atoms with van der Waals surface area (Å²) in [7, 11) is 0. The Kier molecular flexibility index (Phi) is 1.80. The van der Waals surface area contributed by atoms with Crippen molar-refractivity contribution in [2.24, 2.45) is 0 Å². The van der Waals surface area contributed by atoms with Crippen molar-refractivity contribution >= 4 is 5.91 Å². The van der Waals surface area contributed by atoms with Gasteiger partial charge in [-0.1, -0.05) is 6.92 Å². The standard InChI is InChI=1S/C6H7FN2O/c1-2-6(10)9-3-5(7)8-4-9/h3-4H,2H2,1H3. The summed E-state index contributed by atoms with van der Waals surface area (Å²) >= 11 is 0. The van der Waals surface area contributed by atoms with Gasteiger partial charge in [0.05, 0.1) is 6.20 Å². The minimum absolute atomic E-state index is 0.156. The SMILES string of the molecule is CCC(=O)n1cnc(F)c1. The van der Waals surface area contributed by atoms with Crippen molar-refractivity contribution in [2.75, 3.05) is 0 Å². The van der Waals surface area contributed by atoms with Crippen LogP contribution in [0.15, 0.2) is 12.5 Å². The van der Waals surface area contributed by atoms with Crippen molar-refractivity contribution in [3.8, 4) is 0 Å². The molecule has 1 aromatic heterocycles. The molecule has 1 aromatic rings. The zero-order chi connectivity index (χ0) is 7.56. The van der Waals surface area contributed by atoms with Crippen LogP contribution in [0, 0.1) is 5.95 Å². The Morgan fingerprint density at radius 1 is 1.90 bits per heavy atom. The number of imidazole rings is 1. The second-order valence-corrected chi connectivity index (χ2v) is 1.85. The molecule has 10 heavy (non-hydrogen) atoms. The summed E-state index contributed by atoms with van der Waals surface area (Å²) in [6.07, 6.45) is 2.59. The van der Waals surface area contributed by atoms with Crippen LogP contribution in [-0.4, -0.2) is 15.5 Å². The smallest absolute Gasteiger partial charge is 0.231 e. The van der Waals surface area contributed by atoms with Crippen LogP contribution in [0.25, 0.3) is 0 Å². The van der Waals surface area contributed by atoms with Gasteiger partial charge in [-0.15, -0.1) is 0 Å². The molecule has 1 heterocycles. The highest BCUT2D eigenvalue weighted by atomic mass is 19.1. The maximum atomic E-state index is 12.1. The van der Waals surface area contributed by atoms with Gasteiger partial charge < -0.3 is 0 Å². The van der Waals surface area contributed by atoms with E-state index in [0.717, 1.165) is 10.8 Å². The quantitative estimate of drug-likeness (QED) is 0.587.